The molecule has 1 aromatic carbocycles. The molecule has 1 atom stereocenters. The Morgan fingerprint density at radius 1 is 1.56 bits per heavy atom. The summed E-state index contributed by atoms with van der Waals surface area (Å²) in [4.78, 5) is 11.8. The number of halogens is 1. The molecule has 0 spiro atoms. The van der Waals surface area contributed by atoms with E-state index in [4.69, 9.17) is 0 Å². The smallest absolute Gasteiger partial charge is 0.224 e. The number of amides is 1. The first-order valence-corrected chi connectivity index (χ1v) is 7.05. The second kappa shape index (κ2) is 5.85. The van der Waals surface area contributed by atoms with Crippen LogP contribution in [-0.2, 0) is 11.2 Å². The van der Waals surface area contributed by atoms with Crippen LogP contribution in [0.15, 0.2) is 22.7 Å². The average Bonchev–Trinajstić information content (AvgIpc) is 3.14. The fraction of sp³-hybridized carbons (Fsp3) is 0.500. The van der Waals surface area contributed by atoms with Gasteiger partial charge in [0.25, 0.3) is 0 Å². The molecule has 2 rings (SSSR count). The van der Waals surface area contributed by atoms with Crippen molar-refractivity contribution in [2.24, 2.45) is 5.92 Å². The van der Waals surface area contributed by atoms with Gasteiger partial charge < -0.3 is 10.4 Å². The lowest BCUT2D eigenvalue weighted by Gasteiger charge is -2.11. The second-order valence-corrected chi connectivity index (χ2v) is 5.87. The van der Waals surface area contributed by atoms with Crippen molar-refractivity contribution in [1.82, 2.24) is 5.32 Å². The summed E-state index contributed by atoms with van der Waals surface area (Å²) in [5, 5.41) is 12.5. The third kappa shape index (κ3) is 3.82. The number of hydrogen-bond donors (Lipinski definition) is 2. The maximum absolute atomic E-state index is 11.8. The standard InChI is InChI=1S/C14H18BrNO2/c1-9-6-12(15)5-4-11(9)7-14(18)16-8-13(17)10-2-3-10/h4-6,10,13,17H,2-3,7-8H2,1H3,(H,16,18)/t13-/m0/s1. The Hall–Kier alpha value is -0.870. The van der Waals surface area contributed by atoms with Crippen LogP contribution in [0.4, 0.5) is 0 Å². The Labute approximate surface area is 116 Å². The van der Waals surface area contributed by atoms with Gasteiger partial charge in [-0.05, 0) is 48.9 Å². The molecule has 0 radical (unpaired) electrons. The number of aliphatic hydroxyl groups is 1. The normalized spacial score (nSPS) is 16.4. The van der Waals surface area contributed by atoms with Gasteiger partial charge in [0.15, 0.2) is 0 Å². The lowest BCUT2D eigenvalue weighted by molar-refractivity contribution is -0.120. The van der Waals surface area contributed by atoms with Crippen LogP contribution in [0.2, 0.25) is 0 Å². The largest absolute Gasteiger partial charge is 0.391 e. The van der Waals surface area contributed by atoms with Crippen molar-refractivity contribution < 1.29 is 9.90 Å². The zero-order chi connectivity index (χ0) is 13.1. The van der Waals surface area contributed by atoms with E-state index in [9.17, 15) is 9.90 Å². The lowest BCUT2D eigenvalue weighted by atomic mass is 10.1. The molecule has 1 saturated carbocycles. The highest BCUT2D eigenvalue weighted by molar-refractivity contribution is 9.10. The van der Waals surface area contributed by atoms with Crippen molar-refractivity contribution in [2.75, 3.05) is 6.54 Å². The zero-order valence-corrected chi connectivity index (χ0v) is 12.0. The van der Waals surface area contributed by atoms with Crippen LogP contribution >= 0.6 is 15.9 Å². The van der Waals surface area contributed by atoms with Crippen LogP contribution in [0.25, 0.3) is 0 Å². The third-order valence-corrected chi connectivity index (χ3v) is 3.82. The molecular formula is C14H18BrNO2. The molecular weight excluding hydrogens is 294 g/mol. The quantitative estimate of drug-likeness (QED) is 0.875. The van der Waals surface area contributed by atoms with Gasteiger partial charge in [0, 0.05) is 11.0 Å². The van der Waals surface area contributed by atoms with Crippen LogP contribution in [-0.4, -0.2) is 23.7 Å². The van der Waals surface area contributed by atoms with E-state index in [0.29, 0.717) is 18.9 Å². The minimum Gasteiger partial charge on any atom is -0.391 e. The average molecular weight is 312 g/mol. The van der Waals surface area contributed by atoms with E-state index in [-0.39, 0.29) is 12.0 Å². The summed E-state index contributed by atoms with van der Waals surface area (Å²) in [5.41, 5.74) is 2.12. The van der Waals surface area contributed by atoms with E-state index >= 15 is 0 Å². The molecule has 98 valence electrons. The Bertz CT molecular complexity index is 443. The monoisotopic (exact) mass is 311 g/mol. The molecule has 2 N–H and O–H groups in total. The molecule has 1 amide bonds. The van der Waals surface area contributed by atoms with Crippen molar-refractivity contribution in [1.29, 1.82) is 0 Å². The maximum Gasteiger partial charge on any atom is 0.224 e. The summed E-state index contributed by atoms with van der Waals surface area (Å²) >= 11 is 3.40. The summed E-state index contributed by atoms with van der Waals surface area (Å²) < 4.78 is 1.02. The first-order valence-electron chi connectivity index (χ1n) is 6.26. The highest BCUT2D eigenvalue weighted by Gasteiger charge is 2.29. The molecule has 1 aliphatic carbocycles. The fourth-order valence-corrected chi connectivity index (χ4v) is 2.43. The van der Waals surface area contributed by atoms with Crippen LogP contribution in [0, 0.1) is 12.8 Å². The minimum absolute atomic E-state index is 0.0277. The van der Waals surface area contributed by atoms with Crippen molar-refractivity contribution >= 4 is 21.8 Å². The summed E-state index contributed by atoms with van der Waals surface area (Å²) in [6.45, 7) is 2.37. The summed E-state index contributed by atoms with van der Waals surface area (Å²) in [6, 6.07) is 5.90. The summed E-state index contributed by atoms with van der Waals surface area (Å²) in [5.74, 6) is 0.375. The van der Waals surface area contributed by atoms with Gasteiger partial charge in [-0.25, -0.2) is 0 Å². The first kappa shape index (κ1) is 13.6. The molecule has 1 fully saturated rings. The van der Waals surface area contributed by atoms with Gasteiger partial charge >= 0.3 is 0 Å². The number of aryl methyl sites for hydroxylation is 1. The number of carbonyl (C=O) groups is 1. The highest BCUT2D eigenvalue weighted by Crippen LogP contribution is 2.32. The predicted molar refractivity (Wildman–Crippen MR) is 74.3 cm³/mol. The Kier molecular flexibility index (Phi) is 4.40. The molecule has 3 nitrogen and oxygen atoms in total. The fourth-order valence-electron chi connectivity index (χ4n) is 1.96. The molecule has 18 heavy (non-hydrogen) atoms. The van der Waals surface area contributed by atoms with Gasteiger partial charge in [-0.2, -0.15) is 0 Å². The lowest BCUT2D eigenvalue weighted by Crippen LogP contribution is -2.34. The van der Waals surface area contributed by atoms with Crippen LogP contribution in [0.1, 0.15) is 24.0 Å². The number of carbonyl (C=O) groups excluding carboxylic acids is 1. The molecule has 0 unspecified atom stereocenters. The van der Waals surface area contributed by atoms with E-state index in [2.05, 4.69) is 21.2 Å². The first-order chi connectivity index (χ1) is 8.56. The molecule has 1 aliphatic rings. The van der Waals surface area contributed by atoms with Gasteiger partial charge in [0.2, 0.25) is 5.91 Å². The van der Waals surface area contributed by atoms with Crippen LogP contribution < -0.4 is 5.32 Å². The van der Waals surface area contributed by atoms with Crippen LogP contribution in [0.3, 0.4) is 0 Å². The Morgan fingerprint density at radius 2 is 2.28 bits per heavy atom. The van der Waals surface area contributed by atoms with Gasteiger partial charge in [-0.15, -0.1) is 0 Å². The molecule has 0 saturated heterocycles. The molecule has 0 aliphatic heterocycles. The molecule has 0 heterocycles. The summed E-state index contributed by atoms with van der Waals surface area (Å²) in [6.07, 6.45) is 2.17. The zero-order valence-electron chi connectivity index (χ0n) is 10.4. The van der Waals surface area contributed by atoms with E-state index in [1.54, 1.807) is 0 Å². The van der Waals surface area contributed by atoms with Crippen LogP contribution in [0.5, 0.6) is 0 Å². The number of nitrogens with one attached hydrogen (secondary N) is 1. The van der Waals surface area contributed by atoms with Crippen molar-refractivity contribution in [2.45, 2.75) is 32.3 Å². The second-order valence-electron chi connectivity index (χ2n) is 4.96. The number of aliphatic hydroxyl groups excluding tert-OH is 1. The minimum atomic E-state index is -0.375. The Morgan fingerprint density at radius 3 is 2.89 bits per heavy atom. The third-order valence-electron chi connectivity index (χ3n) is 3.33. The summed E-state index contributed by atoms with van der Waals surface area (Å²) in [7, 11) is 0. The van der Waals surface area contributed by atoms with E-state index in [1.807, 2.05) is 25.1 Å². The van der Waals surface area contributed by atoms with Crippen molar-refractivity contribution in [3.05, 3.63) is 33.8 Å². The van der Waals surface area contributed by atoms with Gasteiger partial charge in [0.1, 0.15) is 0 Å². The molecule has 0 aromatic heterocycles. The van der Waals surface area contributed by atoms with E-state index in [1.165, 1.54) is 0 Å². The number of hydrogen-bond acceptors (Lipinski definition) is 2. The number of rotatable bonds is 5. The van der Waals surface area contributed by atoms with Crippen molar-refractivity contribution in [3.63, 3.8) is 0 Å². The topological polar surface area (TPSA) is 49.3 Å². The molecule has 4 heteroatoms. The Balaban J connectivity index is 1.82. The van der Waals surface area contributed by atoms with Gasteiger partial charge in [0.05, 0.1) is 12.5 Å². The maximum atomic E-state index is 11.8. The van der Waals surface area contributed by atoms with E-state index in [0.717, 1.165) is 28.4 Å². The predicted octanol–water partition coefficient (Wildman–Crippen LogP) is 2.19. The van der Waals surface area contributed by atoms with E-state index < -0.39 is 0 Å². The van der Waals surface area contributed by atoms with Gasteiger partial charge in [-0.1, -0.05) is 22.0 Å². The molecule has 1 aromatic rings. The SMILES string of the molecule is Cc1cc(Br)ccc1CC(=O)NC[C@H](O)C1CC1. The number of benzene rings is 1. The van der Waals surface area contributed by atoms with Gasteiger partial charge in [-0.3, -0.25) is 4.79 Å². The van der Waals surface area contributed by atoms with Crippen molar-refractivity contribution in [3.8, 4) is 0 Å². The highest BCUT2D eigenvalue weighted by atomic mass is 79.9. The molecule has 0 bridgehead atoms.